The number of aliphatic hydroxyl groups is 1. The number of carbonyl (C=O) groups excluding carboxylic acids is 2. The van der Waals surface area contributed by atoms with Crippen LogP contribution in [-0.2, 0) is 14.3 Å². The summed E-state index contributed by atoms with van der Waals surface area (Å²) in [6.07, 6.45) is 6.86. The molecule has 4 nitrogen and oxygen atoms in total. The molecule has 0 saturated heterocycles. The fraction of sp³-hybridized carbons (Fsp3) is 0.500. The number of ketones is 2. The lowest BCUT2D eigenvalue weighted by Crippen LogP contribution is -2.31. The molecule has 0 spiro atoms. The zero-order valence-electron chi connectivity index (χ0n) is 17.8. The summed E-state index contributed by atoms with van der Waals surface area (Å²) in [5, 5.41) is 9.66. The van der Waals surface area contributed by atoms with Crippen LogP contribution in [0.4, 0.5) is 0 Å². The van der Waals surface area contributed by atoms with Gasteiger partial charge in [-0.1, -0.05) is 36.4 Å². The highest BCUT2D eigenvalue weighted by molar-refractivity contribution is 8.00. The zero-order chi connectivity index (χ0) is 21.4. The van der Waals surface area contributed by atoms with Crippen LogP contribution in [0.1, 0.15) is 51.5 Å². The molecule has 0 aliphatic carbocycles. The van der Waals surface area contributed by atoms with Crippen molar-refractivity contribution in [1.29, 1.82) is 0 Å². The Morgan fingerprint density at radius 3 is 2.69 bits per heavy atom. The molecule has 4 atom stereocenters. The van der Waals surface area contributed by atoms with E-state index < -0.39 is 12.0 Å². The number of methoxy groups -OCH3 is 1. The Kier molecular flexibility index (Phi) is 9.34. The molecule has 5 heteroatoms. The van der Waals surface area contributed by atoms with Crippen LogP contribution in [0.25, 0.3) is 0 Å². The number of hydrogen-bond donors (Lipinski definition) is 1. The predicted molar refractivity (Wildman–Crippen MR) is 118 cm³/mol. The Hall–Kier alpha value is -1.69. The number of thioether (sulfide) groups is 1. The van der Waals surface area contributed by atoms with Gasteiger partial charge in [0.25, 0.3) is 0 Å². The van der Waals surface area contributed by atoms with Gasteiger partial charge < -0.3 is 14.6 Å². The third-order valence-electron chi connectivity index (χ3n) is 5.24. The van der Waals surface area contributed by atoms with E-state index in [1.54, 1.807) is 32.7 Å². The number of hydrogen-bond acceptors (Lipinski definition) is 5. The van der Waals surface area contributed by atoms with Gasteiger partial charge in [0.2, 0.25) is 0 Å². The van der Waals surface area contributed by atoms with Gasteiger partial charge in [-0.2, -0.15) is 0 Å². The summed E-state index contributed by atoms with van der Waals surface area (Å²) in [5.41, 5.74) is 2.04. The first-order valence-corrected chi connectivity index (χ1v) is 11.1. The number of benzene rings is 1. The molecule has 1 aliphatic heterocycles. The first-order valence-electron chi connectivity index (χ1n) is 10.2. The molecular formula is C24H32O4S. The minimum Gasteiger partial charge on any atom is -0.393 e. The number of ether oxygens (including phenoxy) is 1. The van der Waals surface area contributed by atoms with Gasteiger partial charge in [-0.15, -0.1) is 11.8 Å². The summed E-state index contributed by atoms with van der Waals surface area (Å²) in [6, 6.07) is 8.01. The van der Waals surface area contributed by atoms with Gasteiger partial charge in [-0.3, -0.25) is 4.79 Å². The summed E-state index contributed by atoms with van der Waals surface area (Å²) in [7, 11) is 1.64. The first kappa shape index (κ1) is 23.6. The van der Waals surface area contributed by atoms with Crippen LogP contribution < -0.4 is 0 Å². The number of carbonyl (C=O) groups is 2. The van der Waals surface area contributed by atoms with Gasteiger partial charge in [-0.25, -0.2) is 0 Å². The largest absolute Gasteiger partial charge is 0.393 e. The summed E-state index contributed by atoms with van der Waals surface area (Å²) < 4.78 is 5.12. The van der Waals surface area contributed by atoms with Crippen molar-refractivity contribution in [3.63, 3.8) is 0 Å². The molecule has 1 heterocycles. The third kappa shape index (κ3) is 6.39. The van der Waals surface area contributed by atoms with E-state index in [4.69, 9.17) is 4.74 Å². The maximum Gasteiger partial charge on any atom is 0.145 e. The molecule has 1 aromatic carbocycles. The highest BCUT2D eigenvalue weighted by atomic mass is 32.2. The monoisotopic (exact) mass is 416 g/mol. The van der Waals surface area contributed by atoms with Crippen LogP contribution >= 0.6 is 11.8 Å². The molecule has 29 heavy (non-hydrogen) atoms. The SMILES string of the molecule is CC=C(C=CCOC)C1Sc2ccccc2C(CCC(C)O)C(=O)[C@@H]1CC(C)=O. The zero-order valence-corrected chi connectivity index (χ0v) is 18.6. The van der Waals surface area contributed by atoms with E-state index in [1.165, 1.54) is 0 Å². The molecular weight excluding hydrogens is 384 g/mol. The van der Waals surface area contributed by atoms with Crippen molar-refractivity contribution in [3.8, 4) is 0 Å². The van der Waals surface area contributed by atoms with E-state index in [-0.39, 0.29) is 29.2 Å². The quantitative estimate of drug-likeness (QED) is 0.590. The Morgan fingerprint density at radius 2 is 2.07 bits per heavy atom. The molecule has 3 unspecified atom stereocenters. The van der Waals surface area contributed by atoms with E-state index in [2.05, 4.69) is 6.07 Å². The van der Waals surface area contributed by atoms with Crippen LogP contribution in [0.15, 0.2) is 53.0 Å². The van der Waals surface area contributed by atoms with E-state index in [1.807, 2.05) is 43.4 Å². The van der Waals surface area contributed by atoms with Crippen molar-refractivity contribution < 1.29 is 19.4 Å². The molecule has 1 aromatic rings. The Balaban J connectivity index is 2.51. The molecule has 0 amide bonds. The number of fused-ring (bicyclic) bond motifs is 1. The predicted octanol–water partition coefficient (Wildman–Crippen LogP) is 4.72. The second kappa shape index (κ2) is 11.5. The highest BCUT2D eigenvalue weighted by Crippen LogP contribution is 2.46. The Morgan fingerprint density at radius 1 is 1.34 bits per heavy atom. The van der Waals surface area contributed by atoms with Crippen molar-refractivity contribution in [3.05, 3.63) is 53.6 Å². The van der Waals surface area contributed by atoms with Gasteiger partial charge in [0, 0.05) is 35.5 Å². The molecule has 0 radical (unpaired) electrons. The Labute approximate surface area is 178 Å². The molecule has 158 valence electrons. The van der Waals surface area contributed by atoms with E-state index in [9.17, 15) is 14.7 Å². The summed E-state index contributed by atoms with van der Waals surface area (Å²) in [6.45, 7) is 5.75. The van der Waals surface area contributed by atoms with E-state index >= 15 is 0 Å². The fourth-order valence-corrected chi connectivity index (χ4v) is 5.34. The first-order chi connectivity index (χ1) is 13.9. The van der Waals surface area contributed by atoms with Crippen molar-refractivity contribution in [2.24, 2.45) is 5.92 Å². The summed E-state index contributed by atoms with van der Waals surface area (Å²) in [4.78, 5) is 26.8. The van der Waals surface area contributed by atoms with Crippen molar-refractivity contribution in [2.75, 3.05) is 13.7 Å². The Bertz CT molecular complexity index is 766. The number of allylic oxidation sites excluding steroid dienone is 2. The smallest absolute Gasteiger partial charge is 0.145 e. The number of rotatable bonds is 9. The molecule has 0 bridgehead atoms. The summed E-state index contributed by atoms with van der Waals surface area (Å²) in [5.74, 6) is -0.584. The highest BCUT2D eigenvalue weighted by Gasteiger charge is 2.40. The molecule has 2 rings (SSSR count). The molecule has 0 aromatic heterocycles. The fourth-order valence-electron chi connectivity index (χ4n) is 3.81. The maximum absolute atomic E-state index is 13.7. The minimum absolute atomic E-state index is 0.0190. The molecule has 0 fully saturated rings. The molecule has 1 aliphatic rings. The number of aliphatic hydroxyl groups excluding tert-OH is 1. The third-order valence-corrected chi connectivity index (χ3v) is 6.72. The normalized spacial score (nSPS) is 23.7. The van der Waals surface area contributed by atoms with Gasteiger partial charge in [0.05, 0.1) is 12.7 Å². The van der Waals surface area contributed by atoms with Crippen LogP contribution in [0.5, 0.6) is 0 Å². The van der Waals surface area contributed by atoms with Crippen LogP contribution in [0.2, 0.25) is 0 Å². The number of Topliss-reactive ketones (excluding diaryl/α,β-unsaturated/α-hetero) is 2. The lowest BCUT2D eigenvalue weighted by molar-refractivity contribution is -0.128. The van der Waals surface area contributed by atoms with E-state index in [0.29, 0.717) is 19.4 Å². The van der Waals surface area contributed by atoms with Gasteiger partial charge in [0.15, 0.2) is 0 Å². The average molecular weight is 417 g/mol. The second-order valence-corrected chi connectivity index (χ2v) is 8.80. The van der Waals surface area contributed by atoms with Crippen molar-refractivity contribution >= 4 is 23.3 Å². The van der Waals surface area contributed by atoms with Crippen LogP contribution in [0.3, 0.4) is 0 Å². The average Bonchev–Trinajstić information content (AvgIpc) is 2.79. The van der Waals surface area contributed by atoms with E-state index in [0.717, 1.165) is 16.0 Å². The van der Waals surface area contributed by atoms with Gasteiger partial charge in [0.1, 0.15) is 11.6 Å². The topological polar surface area (TPSA) is 63.6 Å². The lowest BCUT2D eigenvalue weighted by atomic mass is 9.79. The maximum atomic E-state index is 13.7. The minimum atomic E-state index is -0.462. The second-order valence-electron chi connectivity index (χ2n) is 7.62. The van der Waals surface area contributed by atoms with Crippen molar-refractivity contribution in [2.45, 2.75) is 62.2 Å². The molecule has 1 N–H and O–H groups in total. The van der Waals surface area contributed by atoms with Crippen LogP contribution in [0, 0.1) is 5.92 Å². The summed E-state index contributed by atoms with van der Waals surface area (Å²) >= 11 is 1.66. The standard InChI is InChI=1S/C24H32O4S/c1-5-18(9-8-14-28-4)24-21(15-17(3)26)23(27)20(13-12-16(2)25)19-10-6-7-11-22(19)29-24/h5-11,16,20-21,24-25H,12-15H2,1-4H3/t16?,20?,21-,24?/m0/s1. The van der Waals surface area contributed by atoms with Gasteiger partial charge >= 0.3 is 0 Å². The van der Waals surface area contributed by atoms with Crippen LogP contribution in [-0.4, -0.2) is 41.7 Å². The van der Waals surface area contributed by atoms with Gasteiger partial charge in [-0.05, 0) is 50.8 Å². The molecule has 0 saturated carbocycles. The lowest BCUT2D eigenvalue weighted by Gasteiger charge is -2.26. The van der Waals surface area contributed by atoms with Crippen molar-refractivity contribution in [1.82, 2.24) is 0 Å².